The predicted octanol–water partition coefficient (Wildman–Crippen LogP) is -5.73. The second-order valence-electron chi connectivity index (χ2n) is 3.71. The van der Waals surface area contributed by atoms with E-state index < -0.39 is 7.82 Å². The molecule has 0 saturated heterocycles. The maximum absolute atomic E-state index is 11.5. The van der Waals surface area contributed by atoms with Crippen LogP contribution >= 0.6 is 7.82 Å². The van der Waals surface area contributed by atoms with Gasteiger partial charge in [0.1, 0.15) is 13.6 Å². The topological polar surface area (TPSA) is 111 Å². The molecule has 0 aromatic heterocycles. The number of nitrogens with one attached hydrogen (secondary N) is 1. The summed E-state index contributed by atoms with van der Waals surface area (Å²) in [5.41, 5.74) is 0.487. The number of ether oxygens (including phenoxy) is 1. The second-order valence-corrected chi connectivity index (χ2v) is 4.78. The quantitative estimate of drug-likeness (QED) is 0.302. The average molecular weight is 333 g/mol. The Morgan fingerprint density at radius 2 is 1.81 bits per heavy atom. The Morgan fingerprint density at radius 1 is 1.24 bits per heavy atom. The molecule has 1 aromatic rings. The molecule has 1 amide bonds. The first-order valence-electron chi connectivity index (χ1n) is 5.51. The van der Waals surface area contributed by atoms with Crippen LogP contribution in [0, 0.1) is 0 Å². The Labute approximate surface area is 167 Å². The van der Waals surface area contributed by atoms with E-state index in [1.807, 2.05) is 0 Å². The van der Waals surface area contributed by atoms with Gasteiger partial charge in [0.15, 0.2) is 0 Å². The molecule has 0 aliphatic rings. The van der Waals surface area contributed by atoms with Gasteiger partial charge in [0.25, 0.3) is 0 Å². The SMILES string of the molecule is COCCCC(=O)Nc1ccc(OP(=O)([O-])[O-])cc1.[Na+].[Na+]. The third-order valence-corrected chi connectivity index (χ3v) is 2.54. The van der Waals surface area contributed by atoms with Gasteiger partial charge in [-0.1, -0.05) is 0 Å². The number of phosphoric acid groups is 1. The van der Waals surface area contributed by atoms with E-state index in [1.165, 1.54) is 24.3 Å². The van der Waals surface area contributed by atoms with Gasteiger partial charge < -0.3 is 28.9 Å². The Morgan fingerprint density at radius 3 is 2.29 bits per heavy atom. The van der Waals surface area contributed by atoms with Gasteiger partial charge in [-0.05, 0) is 30.7 Å². The molecule has 21 heavy (non-hydrogen) atoms. The molecule has 0 aliphatic heterocycles. The molecule has 1 N–H and O–H groups in total. The van der Waals surface area contributed by atoms with Gasteiger partial charge in [-0.15, -0.1) is 0 Å². The van der Waals surface area contributed by atoms with Gasteiger partial charge in [0, 0.05) is 25.8 Å². The molecule has 106 valence electrons. The molecule has 0 heterocycles. The maximum Gasteiger partial charge on any atom is 1.00 e. The Bertz CT molecular complexity index is 464. The van der Waals surface area contributed by atoms with Crippen LogP contribution in [0.1, 0.15) is 12.8 Å². The van der Waals surface area contributed by atoms with Crippen LogP contribution in [0.2, 0.25) is 0 Å². The van der Waals surface area contributed by atoms with Gasteiger partial charge in [0.2, 0.25) is 5.91 Å². The molecule has 0 spiro atoms. The molecule has 7 nitrogen and oxygen atoms in total. The van der Waals surface area contributed by atoms with Gasteiger partial charge >= 0.3 is 59.1 Å². The number of carbonyl (C=O) groups excluding carboxylic acids is 1. The van der Waals surface area contributed by atoms with E-state index in [0.29, 0.717) is 25.1 Å². The fraction of sp³-hybridized carbons (Fsp3) is 0.364. The van der Waals surface area contributed by atoms with Crippen LogP contribution in [0.5, 0.6) is 5.75 Å². The first-order valence-corrected chi connectivity index (χ1v) is 6.97. The number of carbonyl (C=O) groups is 1. The Balaban J connectivity index is 0. The van der Waals surface area contributed by atoms with Gasteiger partial charge in [-0.3, -0.25) is 4.79 Å². The van der Waals surface area contributed by atoms with Crippen LogP contribution in [0.3, 0.4) is 0 Å². The molecule has 0 saturated carbocycles. The van der Waals surface area contributed by atoms with E-state index in [9.17, 15) is 19.1 Å². The minimum Gasteiger partial charge on any atom is -0.780 e. The summed E-state index contributed by atoms with van der Waals surface area (Å²) in [6, 6.07) is 5.46. The summed E-state index contributed by atoms with van der Waals surface area (Å²) in [6.45, 7) is 0.502. The number of phosphoric ester groups is 1. The van der Waals surface area contributed by atoms with Gasteiger partial charge in [-0.2, -0.15) is 0 Å². The molecule has 1 rings (SSSR count). The van der Waals surface area contributed by atoms with Gasteiger partial charge in [0.05, 0.1) is 0 Å². The summed E-state index contributed by atoms with van der Waals surface area (Å²) < 4.78 is 19.4. The van der Waals surface area contributed by atoms with Crippen molar-refractivity contribution in [2.24, 2.45) is 0 Å². The van der Waals surface area contributed by atoms with E-state index in [4.69, 9.17) is 4.74 Å². The van der Waals surface area contributed by atoms with Crippen molar-refractivity contribution in [3.05, 3.63) is 24.3 Å². The average Bonchev–Trinajstić information content (AvgIpc) is 2.30. The van der Waals surface area contributed by atoms with Crippen molar-refractivity contribution in [3.63, 3.8) is 0 Å². The monoisotopic (exact) mass is 333 g/mol. The largest absolute Gasteiger partial charge is 1.00 e. The molecule has 0 radical (unpaired) electrons. The van der Waals surface area contributed by atoms with Crippen molar-refractivity contribution < 1.29 is 87.5 Å². The van der Waals surface area contributed by atoms with Crippen molar-refractivity contribution in [1.82, 2.24) is 0 Å². The van der Waals surface area contributed by atoms with Crippen LogP contribution in [-0.2, 0) is 14.1 Å². The first-order chi connectivity index (χ1) is 8.90. The summed E-state index contributed by atoms with van der Waals surface area (Å²) >= 11 is 0. The van der Waals surface area contributed by atoms with Crippen molar-refractivity contribution >= 4 is 19.4 Å². The summed E-state index contributed by atoms with van der Waals surface area (Å²) in [7, 11) is -3.49. The minimum absolute atomic E-state index is 0. The molecule has 0 aliphatic carbocycles. The van der Waals surface area contributed by atoms with E-state index in [1.54, 1.807) is 7.11 Å². The predicted molar refractivity (Wildman–Crippen MR) is 64.4 cm³/mol. The van der Waals surface area contributed by atoms with E-state index in [-0.39, 0.29) is 70.8 Å². The zero-order valence-corrected chi connectivity index (χ0v) is 17.2. The standard InChI is InChI=1S/C11H16NO6P.2Na/c1-17-8-2-3-11(13)12-9-4-6-10(7-5-9)18-19(14,15)16;;/h4-7H,2-3,8H2,1H3,(H,12,13)(H2,14,15,16);;/q;2*+1/p-2. The van der Waals surface area contributed by atoms with Crippen LogP contribution < -0.4 is 78.7 Å². The minimum atomic E-state index is -5.05. The smallest absolute Gasteiger partial charge is 0.780 e. The summed E-state index contributed by atoms with van der Waals surface area (Å²) in [4.78, 5) is 32.2. The van der Waals surface area contributed by atoms with Gasteiger partial charge in [-0.25, -0.2) is 0 Å². The molecule has 0 bridgehead atoms. The van der Waals surface area contributed by atoms with Crippen LogP contribution in [0.4, 0.5) is 5.69 Å². The van der Waals surface area contributed by atoms with Crippen molar-refractivity contribution in [1.29, 1.82) is 0 Å². The summed E-state index contributed by atoms with van der Waals surface area (Å²) in [5.74, 6) is -0.269. The zero-order valence-electron chi connectivity index (χ0n) is 12.3. The number of rotatable bonds is 7. The van der Waals surface area contributed by atoms with Crippen LogP contribution in [0.25, 0.3) is 0 Å². The number of hydrogen-bond acceptors (Lipinski definition) is 6. The third kappa shape index (κ3) is 11.8. The number of amides is 1. The van der Waals surface area contributed by atoms with Crippen LogP contribution in [-0.4, -0.2) is 19.6 Å². The van der Waals surface area contributed by atoms with E-state index in [2.05, 4.69) is 9.84 Å². The summed E-state index contributed by atoms with van der Waals surface area (Å²) in [5, 5.41) is 2.62. The molecule has 1 aromatic carbocycles. The Kier molecular flexibility index (Phi) is 13.7. The number of hydrogen-bond donors (Lipinski definition) is 1. The van der Waals surface area contributed by atoms with Crippen molar-refractivity contribution in [2.45, 2.75) is 12.8 Å². The molecule has 10 heteroatoms. The Hall–Kier alpha value is 0.600. The fourth-order valence-corrected chi connectivity index (χ4v) is 1.71. The fourth-order valence-electron chi connectivity index (χ4n) is 1.33. The normalized spacial score (nSPS) is 10.0. The van der Waals surface area contributed by atoms with Crippen molar-refractivity contribution in [3.8, 4) is 5.75 Å². The van der Waals surface area contributed by atoms with E-state index >= 15 is 0 Å². The second kappa shape index (κ2) is 12.1. The molecular weight excluding hydrogens is 319 g/mol. The molecule has 0 atom stereocenters. The molecule has 0 unspecified atom stereocenters. The summed E-state index contributed by atoms with van der Waals surface area (Å²) in [6.07, 6.45) is 0.932. The number of methoxy groups -OCH3 is 1. The first kappa shape index (κ1) is 23.9. The van der Waals surface area contributed by atoms with Crippen LogP contribution in [0.15, 0.2) is 24.3 Å². The maximum atomic E-state index is 11.5. The third-order valence-electron chi connectivity index (χ3n) is 2.11. The van der Waals surface area contributed by atoms with E-state index in [0.717, 1.165) is 0 Å². The zero-order chi connectivity index (χ0) is 14.3. The molecule has 0 fully saturated rings. The molecular formula is C11H14NNa2O6P. The number of benzene rings is 1. The van der Waals surface area contributed by atoms with Crippen molar-refractivity contribution in [2.75, 3.05) is 19.0 Å². The number of anilines is 1.